The summed E-state index contributed by atoms with van der Waals surface area (Å²) in [5.74, 6) is -1.30. The third-order valence-corrected chi connectivity index (χ3v) is 4.74. The summed E-state index contributed by atoms with van der Waals surface area (Å²) in [4.78, 5) is 27.9. The van der Waals surface area contributed by atoms with Gasteiger partial charge in [0.05, 0.1) is 19.1 Å². The molecule has 2 aliphatic rings. The van der Waals surface area contributed by atoms with Gasteiger partial charge < -0.3 is 14.7 Å². The number of carboxylic acids is 1. The molecule has 0 bridgehead atoms. The summed E-state index contributed by atoms with van der Waals surface area (Å²) in [6.07, 6.45) is 0.328. The smallest absolute Gasteiger partial charge is 0.308 e. The van der Waals surface area contributed by atoms with Gasteiger partial charge >= 0.3 is 5.97 Å². The van der Waals surface area contributed by atoms with Crippen LogP contribution < -0.4 is 0 Å². The zero-order valence-electron chi connectivity index (χ0n) is 13.1. The molecule has 4 atom stereocenters. The van der Waals surface area contributed by atoms with Gasteiger partial charge in [-0.2, -0.15) is 0 Å². The molecule has 0 aromatic carbocycles. The van der Waals surface area contributed by atoms with Crippen molar-refractivity contribution in [3.63, 3.8) is 0 Å². The molecule has 2 aliphatic heterocycles. The van der Waals surface area contributed by atoms with Gasteiger partial charge in [-0.3, -0.25) is 14.5 Å². The van der Waals surface area contributed by atoms with Crippen LogP contribution in [0.2, 0.25) is 0 Å². The van der Waals surface area contributed by atoms with E-state index in [1.807, 2.05) is 20.8 Å². The lowest BCUT2D eigenvalue weighted by Gasteiger charge is -2.45. The van der Waals surface area contributed by atoms with Crippen LogP contribution in [0.25, 0.3) is 0 Å². The molecule has 6 heteroatoms. The molecule has 2 rings (SSSR count). The summed E-state index contributed by atoms with van der Waals surface area (Å²) >= 11 is 0. The second kappa shape index (κ2) is 6.75. The summed E-state index contributed by atoms with van der Waals surface area (Å²) in [6.45, 7) is 9.72. The number of morpholine rings is 1. The number of carbonyl (C=O) groups is 2. The fourth-order valence-corrected chi connectivity index (χ4v) is 3.73. The average molecular weight is 298 g/mol. The van der Waals surface area contributed by atoms with Crippen molar-refractivity contribution in [2.75, 3.05) is 32.8 Å². The average Bonchev–Trinajstić information content (AvgIpc) is 2.38. The van der Waals surface area contributed by atoms with Gasteiger partial charge in [0.1, 0.15) is 0 Å². The Kier molecular flexibility index (Phi) is 5.22. The maximum atomic E-state index is 12.4. The molecule has 21 heavy (non-hydrogen) atoms. The topological polar surface area (TPSA) is 70.1 Å². The number of amides is 1. The quantitative estimate of drug-likeness (QED) is 0.826. The number of ether oxygens (including phenoxy) is 1. The van der Waals surface area contributed by atoms with Gasteiger partial charge in [-0.25, -0.2) is 0 Å². The van der Waals surface area contributed by atoms with Crippen LogP contribution in [0.1, 0.15) is 27.2 Å². The third-order valence-electron chi connectivity index (χ3n) is 4.74. The Hall–Kier alpha value is -1.14. The highest BCUT2D eigenvalue weighted by Gasteiger charge is 2.43. The molecule has 0 aliphatic carbocycles. The Labute approximate surface area is 126 Å². The van der Waals surface area contributed by atoms with Crippen LogP contribution in [0.4, 0.5) is 0 Å². The number of aliphatic carboxylic acids is 1. The lowest BCUT2D eigenvalue weighted by molar-refractivity contribution is -0.157. The van der Waals surface area contributed by atoms with Crippen LogP contribution in [-0.4, -0.2) is 71.7 Å². The van der Waals surface area contributed by atoms with Gasteiger partial charge in [0.25, 0.3) is 0 Å². The largest absolute Gasteiger partial charge is 0.481 e. The standard InChI is InChI=1S/C15H26N2O4/c1-10-8-13(18)17(12(3)14(10)15(19)20)11(2)9-16-4-6-21-7-5-16/h10-12,14H,4-9H2,1-3H3,(H,19,20). The van der Waals surface area contributed by atoms with E-state index in [0.717, 1.165) is 32.8 Å². The van der Waals surface area contributed by atoms with E-state index in [0.29, 0.717) is 6.42 Å². The minimum atomic E-state index is -0.800. The molecular weight excluding hydrogens is 272 g/mol. The molecule has 2 heterocycles. The number of hydrogen-bond acceptors (Lipinski definition) is 4. The maximum Gasteiger partial charge on any atom is 0.308 e. The first-order valence-electron chi connectivity index (χ1n) is 7.76. The van der Waals surface area contributed by atoms with E-state index < -0.39 is 11.9 Å². The summed E-state index contributed by atoms with van der Waals surface area (Å²) in [7, 11) is 0. The van der Waals surface area contributed by atoms with Crippen molar-refractivity contribution in [3.8, 4) is 0 Å². The fraction of sp³-hybridized carbons (Fsp3) is 0.867. The van der Waals surface area contributed by atoms with Gasteiger partial charge in [0.15, 0.2) is 0 Å². The summed E-state index contributed by atoms with van der Waals surface area (Å²) < 4.78 is 5.33. The number of carbonyl (C=O) groups excluding carboxylic acids is 1. The Bertz CT molecular complexity index is 395. The van der Waals surface area contributed by atoms with Gasteiger partial charge in [-0.05, 0) is 19.8 Å². The number of nitrogens with zero attached hydrogens (tertiary/aromatic N) is 2. The van der Waals surface area contributed by atoms with Gasteiger partial charge in [0.2, 0.25) is 5.91 Å². The molecule has 0 saturated carbocycles. The van der Waals surface area contributed by atoms with Crippen LogP contribution in [0.15, 0.2) is 0 Å². The van der Waals surface area contributed by atoms with E-state index in [9.17, 15) is 14.7 Å². The number of rotatable bonds is 4. The molecule has 4 unspecified atom stereocenters. The Balaban J connectivity index is 2.04. The molecule has 1 amide bonds. The highest BCUT2D eigenvalue weighted by molar-refractivity contribution is 5.82. The predicted molar refractivity (Wildman–Crippen MR) is 77.9 cm³/mol. The number of likely N-dealkylation sites (tertiary alicyclic amines) is 1. The Morgan fingerprint density at radius 3 is 2.57 bits per heavy atom. The number of hydrogen-bond donors (Lipinski definition) is 1. The zero-order chi connectivity index (χ0) is 15.6. The number of piperidine rings is 1. The van der Waals surface area contributed by atoms with Crippen LogP contribution in [0, 0.1) is 11.8 Å². The monoisotopic (exact) mass is 298 g/mol. The Morgan fingerprint density at radius 2 is 2.00 bits per heavy atom. The first kappa shape index (κ1) is 16.2. The highest BCUT2D eigenvalue weighted by Crippen LogP contribution is 2.31. The van der Waals surface area contributed by atoms with E-state index in [1.165, 1.54) is 0 Å². The zero-order valence-corrected chi connectivity index (χ0v) is 13.1. The summed E-state index contributed by atoms with van der Waals surface area (Å²) in [5, 5.41) is 9.42. The maximum absolute atomic E-state index is 12.4. The van der Waals surface area contributed by atoms with Crippen molar-refractivity contribution < 1.29 is 19.4 Å². The first-order chi connectivity index (χ1) is 9.91. The third kappa shape index (κ3) is 3.55. The van der Waals surface area contributed by atoms with Gasteiger partial charge in [-0.1, -0.05) is 6.92 Å². The van der Waals surface area contributed by atoms with Crippen molar-refractivity contribution in [1.29, 1.82) is 0 Å². The number of carboxylic acid groups (broad SMARTS) is 1. The van der Waals surface area contributed by atoms with Crippen LogP contribution >= 0.6 is 0 Å². The van der Waals surface area contributed by atoms with Crippen molar-refractivity contribution >= 4 is 11.9 Å². The minimum absolute atomic E-state index is 0.0277. The summed E-state index contributed by atoms with van der Waals surface area (Å²) in [6, 6.07) is -0.227. The minimum Gasteiger partial charge on any atom is -0.481 e. The molecule has 0 aromatic heterocycles. The van der Waals surface area contributed by atoms with E-state index in [4.69, 9.17) is 4.74 Å². The van der Waals surface area contributed by atoms with E-state index in [2.05, 4.69) is 4.90 Å². The molecule has 6 nitrogen and oxygen atoms in total. The van der Waals surface area contributed by atoms with Crippen LogP contribution in [-0.2, 0) is 14.3 Å². The fourth-order valence-electron chi connectivity index (χ4n) is 3.73. The molecule has 0 aromatic rings. The molecule has 0 spiro atoms. The lowest BCUT2D eigenvalue weighted by atomic mass is 9.80. The van der Waals surface area contributed by atoms with Crippen molar-refractivity contribution in [3.05, 3.63) is 0 Å². The van der Waals surface area contributed by atoms with Gasteiger partial charge in [0, 0.05) is 38.1 Å². The second-order valence-corrected chi connectivity index (χ2v) is 6.35. The SMILES string of the molecule is CC1CC(=O)N(C(C)CN2CCOCC2)C(C)C1C(=O)O. The highest BCUT2D eigenvalue weighted by atomic mass is 16.5. The molecule has 1 N–H and O–H groups in total. The van der Waals surface area contributed by atoms with Gasteiger partial charge in [-0.15, -0.1) is 0 Å². The molecular formula is C15H26N2O4. The van der Waals surface area contributed by atoms with E-state index in [-0.39, 0.29) is 23.9 Å². The van der Waals surface area contributed by atoms with Crippen LogP contribution in [0.3, 0.4) is 0 Å². The molecule has 120 valence electrons. The van der Waals surface area contributed by atoms with E-state index in [1.54, 1.807) is 4.90 Å². The van der Waals surface area contributed by atoms with Crippen LogP contribution in [0.5, 0.6) is 0 Å². The molecule has 2 saturated heterocycles. The van der Waals surface area contributed by atoms with Crippen molar-refractivity contribution in [2.45, 2.75) is 39.3 Å². The van der Waals surface area contributed by atoms with Crippen molar-refractivity contribution in [1.82, 2.24) is 9.80 Å². The molecule has 2 fully saturated rings. The predicted octanol–water partition coefficient (Wildman–Crippen LogP) is 0.665. The normalized spacial score (nSPS) is 33.0. The summed E-state index contributed by atoms with van der Waals surface area (Å²) in [5.41, 5.74) is 0. The lowest BCUT2D eigenvalue weighted by Crippen LogP contribution is -2.58. The Morgan fingerprint density at radius 1 is 1.38 bits per heavy atom. The molecule has 0 radical (unpaired) electrons. The second-order valence-electron chi connectivity index (χ2n) is 6.35. The van der Waals surface area contributed by atoms with E-state index >= 15 is 0 Å². The first-order valence-corrected chi connectivity index (χ1v) is 7.76. The van der Waals surface area contributed by atoms with Crippen molar-refractivity contribution in [2.24, 2.45) is 11.8 Å².